The number of hydrogen-bond donors (Lipinski definition) is 2. The molecule has 1 unspecified atom stereocenters. The van der Waals surface area contributed by atoms with Crippen molar-refractivity contribution >= 4 is 0 Å². The number of nitrogens with zero attached hydrogens (tertiary/aromatic N) is 1. The molecular formula is C9H14F3N3O. The van der Waals surface area contributed by atoms with Gasteiger partial charge in [-0.25, -0.2) is 5.43 Å². The predicted molar refractivity (Wildman–Crippen MR) is 50.9 cm³/mol. The quantitative estimate of drug-likeness (QED) is 0.705. The van der Waals surface area contributed by atoms with Gasteiger partial charge in [-0.1, -0.05) is 0 Å². The Morgan fingerprint density at radius 3 is 2.50 bits per heavy atom. The normalized spacial score (nSPS) is 28.3. The van der Waals surface area contributed by atoms with Gasteiger partial charge in [-0.05, 0) is 12.8 Å². The number of hydrogen-bond acceptors (Lipinski definition) is 4. The summed E-state index contributed by atoms with van der Waals surface area (Å²) in [6, 6.07) is -1.73. The van der Waals surface area contributed by atoms with Crippen molar-refractivity contribution in [1.29, 1.82) is 0 Å². The maximum Gasteiger partial charge on any atom is 0.411 e. The van der Waals surface area contributed by atoms with Crippen molar-refractivity contribution in [1.82, 2.24) is 10.4 Å². The molecule has 0 amide bonds. The Labute approximate surface area is 91.2 Å². The Balaban J connectivity index is 2.00. The summed E-state index contributed by atoms with van der Waals surface area (Å²) in [5.41, 5.74) is 7.57. The molecule has 0 spiro atoms. The molecule has 0 aromatic carbocycles. The highest BCUT2D eigenvalue weighted by atomic mass is 19.4. The van der Waals surface area contributed by atoms with Crippen molar-refractivity contribution < 1.29 is 17.9 Å². The minimum absolute atomic E-state index is 0.0275. The van der Waals surface area contributed by atoms with E-state index in [1.54, 1.807) is 0 Å². The van der Waals surface area contributed by atoms with E-state index in [9.17, 15) is 13.2 Å². The summed E-state index contributed by atoms with van der Waals surface area (Å²) >= 11 is 0. The van der Waals surface area contributed by atoms with Gasteiger partial charge in [-0.3, -0.25) is 0 Å². The van der Waals surface area contributed by atoms with Gasteiger partial charge in [0.15, 0.2) is 6.04 Å². The van der Waals surface area contributed by atoms with Gasteiger partial charge in [-0.2, -0.15) is 13.2 Å². The fourth-order valence-electron chi connectivity index (χ4n) is 1.93. The average molecular weight is 237 g/mol. The first-order valence-electron chi connectivity index (χ1n) is 5.14. The molecule has 0 aromatic heterocycles. The molecule has 1 fully saturated rings. The number of nitrogens with two attached hydrogens (primary N) is 1. The van der Waals surface area contributed by atoms with E-state index >= 15 is 0 Å². The van der Waals surface area contributed by atoms with E-state index in [1.165, 1.54) is 11.2 Å². The first-order chi connectivity index (χ1) is 7.48. The van der Waals surface area contributed by atoms with E-state index in [0.717, 1.165) is 0 Å². The Bertz CT molecular complexity index is 286. The lowest BCUT2D eigenvalue weighted by Crippen LogP contribution is -2.50. The zero-order chi connectivity index (χ0) is 11.8. The van der Waals surface area contributed by atoms with Crippen molar-refractivity contribution in [2.75, 3.05) is 13.2 Å². The van der Waals surface area contributed by atoms with Gasteiger partial charge in [0.25, 0.3) is 0 Å². The Kier molecular flexibility index (Phi) is 2.98. The van der Waals surface area contributed by atoms with Crippen LogP contribution < -0.4 is 11.2 Å². The van der Waals surface area contributed by atoms with Gasteiger partial charge < -0.3 is 15.5 Å². The van der Waals surface area contributed by atoms with Crippen LogP contribution in [-0.4, -0.2) is 36.5 Å². The summed E-state index contributed by atoms with van der Waals surface area (Å²) in [6.45, 7) is 1.15. The van der Waals surface area contributed by atoms with E-state index in [-0.39, 0.29) is 11.7 Å². The van der Waals surface area contributed by atoms with Crippen molar-refractivity contribution in [3.05, 3.63) is 11.9 Å². The number of alkyl halides is 3. The zero-order valence-corrected chi connectivity index (χ0v) is 8.63. The second-order valence-electron chi connectivity index (χ2n) is 3.98. The monoisotopic (exact) mass is 237 g/mol. The summed E-state index contributed by atoms with van der Waals surface area (Å²) < 4.78 is 42.7. The maximum absolute atomic E-state index is 12.5. The topological polar surface area (TPSA) is 50.5 Å². The van der Waals surface area contributed by atoms with Gasteiger partial charge in [-0.15, -0.1) is 0 Å². The molecule has 2 heterocycles. The van der Waals surface area contributed by atoms with Crippen LogP contribution in [0.25, 0.3) is 0 Å². The minimum Gasteiger partial charge on any atom is -0.399 e. The summed E-state index contributed by atoms with van der Waals surface area (Å²) in [7, 11) is 0. The fourth-order valence-corrected chi connectivity index (χ4v) is 1.93. The molecule has 16 heavy (non-hydrogen) atoms. The van der Waals surface area contributed by atoms with E-state index in [4.69, 9.17) is 10.5 Å². The third kappa shape index (κ3) is 2.25. The van der Waals surface area contributed by atoms with Crippen LogP contribution in [-0.2, 0) is 4.74 Å². The van der Waals surface area contributed by atoms with Crippen molar-refractivity contribution in [2.45, 2.75) is 31.1 Å². The van der Waals surface area contributed by atoms with Crippen LogP contribution in [0.3, 0.4) is 0 Å². The molecule has 2 aliphatic rings. The average Bonchev–Trinajstić information content (AvgIpc) is 2.61. The third-order valence-electron chi connectivity index (χ3n) is 2.81. The van der Waals surface area contributed by atoms with Crippen LogP contribution >= 0.6 is 0 Å². The van der Waals surface area contributed by atoms with E-state index in [0.29, 0.717) is 26.1 Å². The van der Waals surface area contributed by atoms with Crippen molar-refractivity contribution in [3.8, 4) is 0 Å². The van der Waals surface area contributed by atoms with E-state index < -0.39 is 12.2 Å². The summed E-state index contributed by atoms with van der Waals surface area (Å²) in [6.07, 6.45) is -1.59. The number of halogens is 3. The van der Waals surface area contributed by atoms with Crippen LogP contribution in [0.2, 0.25) is 0 Å². The molecule has 0 aromatic rings. The number of rotatable bonds is 1. The molecule has 1 saturated heterocycles. The Morgan fingerprint density at radius 1 is 1.38 bits per heavy atom. The molecule has 4 nitrogen and oxygen atoms in total. The molecule has 92 valence electrons. The van der Waals surface area contributed by atoms with Crippen LogP contribution in [0.4, 0.5) is 13.2 Å². The highest BCUT2D eigenvalue weighted by Crippen LogP contribution is 2.28. The molecule has 7 heteroatoms. The first-order valence-corrected chi connectivity index (χ1v) is 5.14. The molecule has 2 aliphatic heterocycles. The molecule has 0 aliphatic carbocycles. The molecule has 0 saturated carbocycles. The van der Waals surface area contributed by atoms with Crippen LogP contribution in [0, 0.1) is 0 Å². The van der Waals surface area contributed by atoms with E-state index in [1.807, 2.05) is 0 Å². The van der Waals surface area contributed by atoms with Crippen LogP contribution in [0.1, 0.15) is 12.8 Å². The molecular weight excluding hydrogens is 223 g/mol. The molecule has 0 radical (unpaired) electrons. The number of hydrazine groups is 1. The Hall–Kier alpha value is -0.950. The van der Waals surface area contributed by atoms with Gasteiger partial charge in [0, 0.05) is 25.5 Å². The second-order valence-corrected chi connectivity index (χ2v) is 3.98. The summed E-state index contributed by atoms with van der Waals surface area (Å²) in [4.78, 5) is 0. The smallest absolute Gasteiger partial charge is 0.399 e. The lowest BCUT2D eigenvalue weighted by atomic mass is 10.1. The number of nitrogens with one attached hydrogen (secondary N) is 1. The van der Waals surface area contributed by atoms with Crippen LogP contribution in [0.5, 0.6) is 0 Å². The minimum atomic E-state index is -4.35. The second kappa shape index (κ2) is 4.14. The zero-order valence-electron chi connectivity index (χ0n) is 8.63. The highest BCUT2D eigenvalue weighted by Gasteiger charge is 2.46. The van der Waals surface area contributed by atoms with E-state index in [2.05, 4.69) is 5.43 Å². The molecule has 2 rings (SSSR count). The summed E-state index contributed by atoms with van der Waals surface area (Å²) in [5, 5.41) is 1.47. The van der Waals surface area contributed by atoms with Gasteiger partial charge in [0.1, 0.15) is 0 Å². The molecule has 3 N–H and O–H groups in total. The van der Waals surface area contributed by atoms with Crippen LogP contribution in [0.15, 0.2) is 11.9 Å². The maximum atomic E-state index is 12.5. The predicted octanol–water partition coefficient (Wildman–Crippen LogP) is 0.717. The number of ether oxygens (including phenoxy) is 1. The fraction of sp³-hybridized carbons (Fsp3) is 0.778. The molecule has 1 atom stereocenters. The van der Waals surface area contributed by atoms with Gasteiger partial charge >= 0.3 is 6.18 Å². The third-order valence-corrected chi connectivity index (χ3v) is 2.81. The lowest BCUT2D eigenvalue weighted by molar-refractivity contribution is -0.154. The Morgan fingerprint density at radius 2 is 2.00 bits per heavy atom. The lowest BCUT2D eigenvalue weighted by Gasteiger charge is -2.32. The van der Waals surface area contributed by atoms with Crippen molar-refractivity contribution in [3.63, 3.8) is 0 Å². The first kappa shape index (κ1) is 11.5. The van der Waals surface area contributed by atoms with Gasteiger partial charge in [0.2, 0.25) is 0 Å². The van der Waals surface area contributed by atoms with Crippen molar-refractivity contribution in [2.24, 2.45) is 5.73 Å². The largest absolute Gasteiger partial charge is 0.411 e. The summed E-state index contributed by atoms with van der Waals surface area (Å²) in [5.74, 6) is 0. The van der Waals surface area contributed by atoms with Gasteiger partial charge in [0.05, 0.1) is 5.70 Å². The standard InChI is InChI=1S/C9H14F3N3O/c10-9(11,12)8-7(13)5-15(14-8)6-1-3-16-4-2-6/h5-6,8,14H,1-4,13H2. The molecule has 0 bridgehead atoms. The highest BCUT2D eigenvalue weighted by molar-refractivity contribution is 5.14. The SMILES string of the molecule is NC1=CN(C2CCOCC2)NC1C(F)(F)F.